The zero-order valence-corrected chi connectivity index (χ0v) is 15.6. The molecular formula is C20H24N2O5. The minimum atomic E-state index is -0.946. The molecule has 0 bridgehead atoms. The number of carbonyl (C=O) groups excluding carboxylic acids is 1. The molecule has 0 aromatic heterocycles. The quantitative estimate of drug-likeness (QED) is 0.626. The van der Waals surface area contributed by atoms with Gasteiger partial charge in [0.2, 0.25) is 0 Å². The van der Waals surface area contributed by atoms with Crippen LogP contribution in [0.3, 0.4) is 0 Å². The molecule has 0 aliphatic heterocycles. The van der Waals surface area contributed by atoms with Crippen molar-refractivity contribution in [3.05, 3.63) is 53.6 Å². The van der Waals surface area contributed by atoms with E-state index < -0.39 is 12.0 Å². The Labute approximate surface area is 158 Å². The highest BCUT2D eigenvalue weighted by atomic mass is 16.5. The van der Waals surface area contributed by atoms with Crippen molar-refractivity contribution in [3.63, 3.8) is 0 Å². The first-order chi connectivity index (χ1) is 12.9. The molecule has 2 aromatic carbocycles. The lowest BCUT2D eigenvalue weighted by Gasteiger charge is -2.16. The predicted octanol–water partition coefficient (Wildman–Crippen LogP) is 2.58. The van der Waals surface area contributed by atoms with Crippen LogP contribution < -0.4 is 20.1 Å². The number of anilines is 1. The highest BCUT2D eigenvalue weighted by molar-refractivity contribution is 5.91. The van der Waals surface area contributed by atoms with E-state index >= 15 is 0 Å². The van der Waals surface area contributed by atoms with E-state index in [1.54, 1.807) is 25.1 Å². The largest absolute Gasteiger partial charge is 0.493 e. The van der Waals surface area contributed by atoms with Crippen LogP contribution in [0, 0.1) is 6.92 Å². The van der Waals surface area contributed by atoms with Crippen molar-refractivity contribution in [3.8, 4) is 11.5 Å². The molecule has 0 fully saturated rings. The molecule has 1 atom stereocenters. The molecule has 27 heavy (non-hydrogen) atoms. The highest BCUT2D eigenvalue weighted by Crippen LogP contribution is 2.31. The van der Waals surface area contributed by atoms with Gasteiger partial charge in [-0.1, -0.05) is 29.8 Å². The lowest BCUT2D eigenvalue weighted by molar-refractivity contribution is -0.139. The number of ether oxygens (including phenoxy) is 2. The van der Waals surface area contributed by atoms with Crippen LogP contribution in [0.15, 0.2) is 42.5 Å². The number of benzene rings is 2. The van der Waals surface area contributed by atoms with E-state index in [0.717, 1.165) is 5.56 Å². The van der Waals surface area contributed by atoms with Crippen molar-refractivity contribution in [2.75, 3.05) is 19.0 Å². The van der Waals surface area contributed by atoms with Gasteiger partial charge in [0.15, 0.2) is 18.1 Å². The summed E-state index contributed by atoms with van der Waals surface area (Å²) in [5, 5.41) is 14.6. The van der Waals surface area contributed by atoms with Crippen molar-refractivity contribution in [2.24, 2.45) is 0 Å². The van der Waals surface area contributed by atoms with Gasteiger partial charge >= 0.3 is 5.97 Å². The maximum absolute atomic E-state index is 12.2. The summed E-state index contributed by atoms with van der Waals surface area (Å²) in [6.45, 7) is 3.59. The molecule has 3 N–H and O–H groups in total. The van der Waals surface area contributed by atoms with Gasteiger partial charge in [-0.25, -0.2) is 0 Å². The van der Waals surface area contributed by atoms with Crippen LogP contribution in [0.1, 0.15) is 18.1 Å². The van der Waals surface area contributed by atoms with E-state index in [1.165, 1.54) is 7.11 Å². The molecule has 2 aromatic rings. The van der Waals surface area contributed by atoms with Gasteiger partial charge in [-0.05, 0) is 32.0 Å². The monoisotopic (exact) mass is 372 g/mol. The molecule has 0 aliphatic carbocycles. The number of amides is 1. The lowest BCUT2D eigenvalue weighted by Crippen LogP contribution is -2.33. The topological polar surface area (TPSA) is 96.9 Å². The number of hydrogen-bond acceptors (Lipinski definition) is 5. The Morgan fingerprint density at radius 1 is 1.15 bits per heavy atom. The van der Waals surface area contributed by atoms with Gasteiger partial charge in [-0.3, -0.25) is 9.59 Å². The van der Waals surface area contributed by atoms with Crippen molar-refractivity contribution >= 4 is 17.6 Å². The van der Waals surface area contributed by atoms with Crippen LogP contribution >= 0.6 is 0 Å². The number of para-hydroxylation sites is 1. The third kappa shape index (κ3) is 6.00. The molecule has 1 unspecified atom stereocenters. The van der Waals surface area contributed by atoms with E-state index in [9.17, 15) is 9.59 Å². The van der Waals surface area contributed by atoms with Crippen LogP contribution in [0.25, 0.3) is 0 Å². The van der Waals surface area contributed by atoms with Crippen molar-refractivity contribution in [1.29, 1.82) is 0 Å². The van der Waals surface area contributed by atoms with Gasteiger partial charge in [0, 0.05) is 17.8 Å². The Morgan fingerprint density at radius 2 is 1.85 bits per heavy atom. The average Bonchev–Trinajstić information content (AvgIpc) is 2.66. The normalized spacial score (nSPS) is 11.5. The first kappa shape index (κ1) is 20.3. The molecule has 0 saturated heterocycles. The SMILES string of the molecule is COc1cccc(CNC(C)C(=O)O)c1OCC(=O)Nc1ccc(C)cc1. The summed E-state index contributed by atoms with van der Waals surface area (Å²) in [6, 6.07) is 12.0. The highest BCUT2D eigenvalue weighted by Gasteiger charge is 2.15. The van der Waals surface area contributed by atoms with Crippen molar-refractivity contribution in [2.45, 2.75) is 26.4 Å². The Balaban J connectivity index is 2.03. The molecule has 0 aliphatic rings. The molecule has 7 heteroatoms. The number of carboxylic acid groups (broad SMARTS) is 1. The summed E-state index contributed by atoms with van der Waals surface area (Å²) in [5.41, 5.74) is 2.49. The Kier molecular flexibility index (Phi) is 7.19. The summed E-state index contributed by atoms with van der Waals surface area (Å²) in [4.78, 5) is 23.1. The molecule has 0 heterocycles. The standard InChI is InChI=1S/C20H24N2O5/c1-13-7-9-16(10-8-13)22-18(23)12-27-19-15(5-4-6-17(19)26-3)11-21-14(2)20(24)25/h4-10,14,21H,11-12H2,1-3H3,(H,22,23)(H,24,25). The minimum Gasteiger partial charge on any atom is -0.493 e. The van der Waals surface area contributed by atoms with Crippen LogP contribution in [0.2, 0.25) is 0 Å². The first-order valence-corrected chi connectivity index (χ1v) is 8.52. The summed E-state index contributed by atoms with van der Waals surface area (Å²) in [5.74, 6) is -0.370. The zero-order chi connectivity index (χ0) is 19.8. The summed E-state index contributed by atoms with van der Waals surface area (Å²) >= 11 is 0. The number of aryl methyl sites for hydroxylation is 1. The van der Waals surface area contributed by atoms with Crippen LogP contribution in [-0.4, -0.2) is 36.7 Å². The number of methoxy groups -OCH3 is 1. The van der Waals surface area contributed by atoms with E-state index in [-0.39, 0.29) is 19.1 Å². The Morgan fingerprint density at radius 3 is 2.48 bits per heavy atom. The predicted molar refractivity (Wildman–Crippen MR) is 102 cm³/mol. The van der Waals surface area contributed by atoms with Gasteiger partial charge in [0.05, 0.1) is 7.11 Å². The molecule has 144 valence electrons. The summed E-state index contributed by atoms with van der Waals surface area (Å²) < 4.78 is 11.0. The van der Waals surface area contributed by atoms with Gasteiger partial charge in [-0.2, -0.15) is 0 Å². The molecule has 7 nitrogen and oxygen atoms in total. The molecule has 0 spiro atoms. The van der Waals surface area contributed by atoms with E-state index in [1.807, 2.05) is 31.2 Å². The van der Waals surface area contributed by atoms with Gasteiger partial charge < -0.3 is 25.2 Å². The third-order valence-corrected chi connectivity index (χ3v) is 3.93. The zero-order valence-electron chi connectivity index (χ0n) is 15.6. The second kappa shape index (κ2) is 9.59. The Bertz CT molecular complexity index is 789. The Hall–Kier alpha value is -3.06. The number of rotatable bonds is 9. The maximum atomic E-state index is 12.2. The number of aliphatic carboxylic acids is 1. The number of nitrogens with one attached hydrogen (secondary N) is 2. The van der Waals surface area contributed by atoms with Crippen molar-refractivity contribution in [1.82, 2.24) is 5.32 Å². The molecular weight excluding hydrogens is 348 g/mol. The third-order valence-electron chi connectivity index (χ3n) is 3.93. The van der Waals surface area contributed by atoms with E-state index in [0.29, 0.717) is 22.7 Å². The van der Waals surface area contributed by atoms with E-state index in [2.05, 4.69) is 10.6 Å². The molecule has 2 rings (SSSR count). The molecule has 0 radical (unpaired) electrons. The van der Waals surface area contributed by atoms with Crippen LogP contribution in [0.5, 0.6) is 11.5 Å². The van der Waals surface area contributed by atoms with Gasteiger partial charge in [0.1, 0.15) is 6.04 Å². The van der Waals surface area contributed by atoms with E-state index in [4.69, 9.17) is 14.6 Å². The fourth-order valence-electron chi connectivity index (χ4n) is 2.35. The fourth-order valence-corrected chi connectivity index (χ4v) is 2.35. The second-order valence-corrected chi connectivity index (χ2v) is 6.09. The summed E-state index contributed by atoms with van der Waals surface area (Å²) in [6.07, 6.45) is 0. The van der Waals surface area contributed by atoms with Gasteiger partial charge in [-0.15, -0.1) is 0 Å². The summed E-state index contributed by atoms with van der Waals surface area (Å²) in [7, 11) is 1.51. The number of carbonyl (C=O) groups is 2. The lowest BCUT2D eigenvalue weighted by atomic mass is 10.1. The smallest absolute Gasteiger partial charge is 0.320 e. The maximum Gasteiger partial charge on any atom is 0.320 e. The average molecular weight is 372 g/mol. The number of hydrogen-bond donors (Lipinski definition) is 3. The molecule has 1 amide bonds. The first-order valence-electron chi connectivity index (χ1n) is 8.52. The second-order valence-electron chi connectivity index (χ2n) is 6.09. The van der Waals surface area contributed by atoms with Gasteiger partial charge in [0.25, 0.3) is 5.91 Å². The fraction of sp³-hybridized carbons (Fsp3) is 0.300. The minimum absolute atomic E-state index is 0.199. The number of carboxylic acids is 1. The molecule has 0 saturated carbocycles. The van der Waals surface area contributed by atoms with Crippen LogP contribution in [0.4, 0.5) is 5.69 Å². The van der Waals surface area contributed by atoms with Crippen molar-refractivity contribution < 1.29 is 24.2 Å². The van der Waals surface area contributed by atoms with Crippen LogP contribution in [-0.2, 0) is 16.1 Å².